The zero-order valence-electron chi connectivity index (χ0n) is 14.2. The second-order valence-electron chi connectivity index (χ2n) is 7.97. The molecule has 1 aromatic carbocycles. The van der Waals surface area contributed by atoms with Gasteiger partial charge < -0.3 is 4.90 Å². The fourth-order valence-electron chi connectivity index (χ4n) is 4.70. The van der Waals surface area contributed by atoms with Crippen molar-refractivity contribution in [3.8, 4) is 0 Å². The Morgan fingerprint density at radius 2 is 1.79 bits per heavy atom. The summed E-state index contributed by atoms with van der Waals surface area (Å²) in [6, 6.07) is 8.40. The molecule has 3 aliphatic rings. The Morgan fingerprint density at radius 1 is 1.12 bits per heavy atom. The quantitative estimate of drug-likeness (QED) is 0.843. The molecule has 2 aliphatic heterocycles. The lowest BCUT2D eigenvalue weighted by molar-refractivity contribution is -0.145. The summed E-state index contributed by atoms with van der Waals surface area (Å²) >= 11 is 0. The molecule has 0 spiro atoms. The number of aryl methyl sites for hydroxylation is 1. The molecule has 0 unspecified atom stereocenters. The van der Waals surface area contributed by atoms with Crippen LogP contribution in [0.2, 0.25) is 0 Å². The summed E-state index contributed by atoms with van der Waals surface area (Å²) in [7, 11) is -2.77. The van der Waals surface area contributed by atoms with Crippen LogP contribution in [-0.2, 0) is 20.0 Å². The van der Waals surface area contributed by atoms with Crippen LogP contribution in [0.25, 0.3) is 0 Å². The molecule has 4 nitrogen and oxygen atoms in total. The van der Waals surface area contributed by atoms with Crippen molar-refractivity contribution in [2.45, 2.75) is 38.0 Å². The van der Waals surface area contributed by atoms with Gasteiger partial charge in [-0.2, -0.15) is 0 Å². The number of carbonyl (C=O) groups excluding carboxylic acids is 1. The third-order valence-electron chi connectivity index (χ3n) is 6.24. The Hall–Kier alpha value is -1.36. The van der Waals surface area contributed by atoms with Gasteiger partial charge in [-0.3, -0.25) is 4.79 Å². The summed E-state index contributed by atoms with van der Waals surface area (Å²) in [6.45, 7) is 3.56. The van der Waals surface area contributed by atoms with Crippen LogP contribution in [0.15, 0.2) is 24.3 Å². The van der Waals surface area contributed by atoms with Crippen molar-refractivity contribution in [1.82, 2.24) is 4.90 Å². The number of benzene rings is 1. The number of hydrogen-bond donors (Lipinski definition) is 0. The molecule has 0 aromatic heterocycles. The number of rotatable bonds is 3. The molecule has 0 atom stereocenters. The predicted molar refractivity (Wildman–Crippen MR) is 93.5 cm³/mol. The lowest BCUT2D eigenvalue weighted by atomic mass is 9.75. The van der Waals surface area contributed by atoms with E-state index in [0.717, 1.165) is 38.8 Å². The number of sulfone groups is 1. The molecular formula is C19H25NO3S. The molecule has 1 saturated carbocycles. The molecule has 4 rings (SSSR count). The van der Waals surface area contributed by atoms with E-state index in [9.17, 15) is 13.2 Å². The van der Waals surface area contributed by atoms with Gasteiger partial charge in [-0.05, 0) is 37.2 Å². The third kappa shape index (κ3) is 2.57. The van der Waals surface area contributed by atoms with Gasteiger partial charge >= 0.3 is 0 Å². The van der Waals surface area contributed by atoms with Crippen LogP contribution in [0.4, 0.5) is 0 Å². The highest BCUT2D eigenvalue weighted by Crippen LogP contribution is 2.45. The molecule has 2 saturated heterocycles. The Balaban J connectivity index is 1.48. The fraction of sp³-hybridized carbons (Fsp3) is 0.632. The minimum absolute atomic E-state index is 0.268. The Kier molecular flexibility index (Phi) is 3.75. The lowest BCUT2D eigenvalue weighted by Crippen LogP contribution is -2.61. The number of hydrogen-bond acceptors (Lipinski definition) is 3. The number of carbonyl (C=O) groups is 1. The van der Waals surface area contributed by atoms with Crippen molar-refractivity contribution in [3.05, 3.63) is 35.4 Å². The summed E-state index contributed by atoms with van der Waals surface area (Å²) in [5, 5.41) is 0. The van der Waals surface area contributed by atoms with E-state index in [1.54, 1.807) is 0 Å². The molecule has 0 radical (unpaired) electrons. The molecule has 1 amide bonds. The van der Waals surface area contributed by atoms with Crippen molar-refractivity contribution < 1.29 is 13.2 Å². The van der Waals surface area contributed by atoms with Crippen LogP contribution in [-0.4, -0.2) is 43.8 Å². The van der Waals surface area contributed by atoms with Crippen molar-refractivity contribution >= 4 is 15.7 Å². The normalized spacial score (nSPS) is 26.0. The van der Waals surface area contributed by atoms with Gasteiger partial charge in [0.1, 0.15) is 0 Å². The molecular weight excluding hydrogens is 322 g/mol. The van der Waals surface area contributed by atoms with Crippen molar-refractivity contribution in [3.63, 3.8) is 0 Å². The van der Waals surface area contributed by atoms with Crippen LogP contribution in [0, 0.1) is 18.8 Å². The Bertz CT molecular complexity index is 747. The van der Waals surface area contributed by atoms with Crippen molar-refractivity contribution in [2.75, 3.05) is 24.6 Å². The number of likely N-dealkylation sites (tertiary alicyclic amines) is 1. The first kappa shape index (κ1) is 16.1. The highest BCUT2D eigenvalue weighted by Gasteiger charge is 2.50. The van der Waals surface area contributed by atoms with Crippen LogP contribution < -0.4 is 0 Å². The molecule has 1 aromatic rings. The SMILES string of the molecule is Cc1cccc(C2(C(=O)N3CC(C4CS(=O)(=O)C4)C3)CCCC2)c1. The van der Waals surface area contributed by atoms with E-state index in [4.69, 9.17) is 0 Å². The molecule has 3 fully saturated rings. The molecule has 130 valence electrons. The molecule has 5 heteroatoms. The van der Waals surface area contributed by atoms with Crippen LogP contribution in [0.5, 0.6) is 0 Å². The molecule has 0 bridgehead atoms. The van der Waals surface area contributed by atoms with Gasteiger partial charge in [-0.25, -0.2) is 8.42 Å². The van der Waals surface area contributed by atoms with Gasteiger partial charge in [-0.15, -0.1) is 0 Å². The van der Waals surface area contributed by atoms with Crippen molar-refractivity contribution in [1.29, 1.82) is 0 Å². The minimum atomic E-state index is -2.77. The van der Waals surface area contributed by atoms with E-state index in [-0.39, 0.29) is 17.2 Å². The van der Waals surface area contributed by atoms with E-state index >= 15 is 0 Å². The van der Waals surface area contributed by atoms with Gasteiger partial charge in [0.25, 0.3) is 0 Å². The maximum atomic E-state index is 13.3. The van der Waals surface area contributed by atoms with Gasteiger partial charge in [0.15, 0.2) is 9.84 Å². The highest BCUT2D eigenvalue weighted by atomic mass is 32.2. The average Bonchev–Trinajstić information content (AvgIpc) is 2.94. The van der Waals surface area contributed by atoms with Crippen molar-refractivity contribution in [2.24, 2.45) is 11.8 Å². The first-order valence-electron chi connectivity index (χ1n) is 8.97. The lowest BCUT2D eigenvalue weighted by Gasteiger charge is -2.49. The van der Waals surface area contributed by atoms with Gasteiger partial charge in [0, 0.05) is 13.1 Å². The zero-order chi connectivity index (χ0) is 16.9. The maximum Gasteiger partial charge on any atom is 0.233 e. The molecule has 1 aliphatic carbocycles. The predicted octanol–water partition coefficient (Wildman–Crippen LogP) is 2.31. The standard InChI is InChI=1S/C19H25NO3S/c1-14-5-4-6-17(9-14)19(7-2-3-8-19)18(21)20-10-15(11-20)16-12-24(22,23)13-16/h4-6,9,15-16H,2-3,7-8,10-13H2,1H3. The van der Waals surface area contributed by atoms with E-state index in [1.165, 1.54) is 11.1 Å². The first-order valence-corrected chi connectivity index (χ1v) is 10.8. The average molecular weight is 347 g/mol. The van der Waals surface area contributed by atoms with E-state index < -0.39 is 9.84 Å². The van der Waals surface area contributed by atoms with E-state index in [1.807, 2.05) is 4.90 Å². The third-order valence-corrected chi connectivity index (χ3v) is 8.11. The van der Waals surface area contributed by atoms with Gasteiger partial charge in [0.2, 0.25) is 5.91 Å². The maximum absolute atomic E-state index is 13.3. The molecule has 2 heterocycles. The summed E-state index contributed by atoms with van der Waals surface area (Å²) in [4.78, 5) is 15.2. The van der Waals surface area contributed by atoms with Crippen LogP contribution in [0.1, 0.15) is 36.8 Å². The number of nitrogens with zero attached hydrogens (tertiary/aromatic N) is 1. The molecule has 24 heavy (non-hydrogen) atoms. The fourth-order valence-corrected chi connectivity index (χ4v) is 6.45. The highest BCUT2D eigenvalue weighted by molar-refractivity contribution is 7.92. The summed E-state index contributed by atoms with van der Waals surface area (Å²) < 4.78 is 22.7. The monoisotopic (exact) mass is 347 g/mol. The van der Waals surface area contributed by atoms with Gasteiger partial charge in [0.05, 0.1) is 16.9 Å². The minimum Gasteiger partial charge on any atom is -0.341 e. The van der Waals surface area contributed by atoms with Crippen LogP contribution in [0.3, 0.4) is 0 Å². The summed E-state index contributed by atoms with van der Waals surface area (Å²) in [6.07, 6.45) is 4.10. The topological polar surface area (TPSA) is 54.5 Å². The summed E-state index contributed by atoms with van der Waals surface area (Å²) in [5.74, 6) is 1.57. The Morgan fingerprint density at radius 3 is 2.38 bits per heavy atom. The second-order valence-corrected chi connectivity index (χ2v) is 10.1. The zero-order valence-corrected chi connectivity index (χ0v) is 15.0. The number of amides is 1. The van der Waals surface area contributed by atoms with Crippen LogP contribution >= 0.6 is 0 Å². The smallest absolute Gasteiger partial charge is 0.233 e. The second kappa shape index (κ2) is 5.58. The first-order chi connectivity index (χ1) is 11.4. The molecule has 0 N–H and O–H groups in total. The largest absolute Gasteiger partial charge is 0.341 e. The Labute approximate surface area is 144 Å². The summed E-state index contributed by atoms with van der Waals surface area (Å²) in [5.41, 5.74) is 2.02. The van der Waals surface area contributed by atoms with E-state index in [2.05, 4.69) is 31.2 Å². The van der Waals surface area contributed by atoms with E-state index in [0.29, 0.717) is 17.4 Å². The van der Waals surface area contributed by atoms with Gasteiger partial charge in [-0.1, -0.05) is 42.7 Å².